The second-order valence-corrected chi connectivity index (χ2v) is 8.43. The monoisotopic (exact) mass is 386 g/mol. The molecule has 3 aromatic rings. The standard InChI is InChI=1S/C20H22N2O4S/c1-14(2)22-27(24,25)13-16-9-7-15(8-10-16)12-21-20(23)19-11-17-5-3-4-6-18(17)26-19/h3-11,14,22H,12-13H2,1-2H3,(H,21,23). The second-order valence-electron chi connectivity index (χ2n) is 6.68. The van der Waals surface area contributed by atoms with Crippen molar-refractivity contribution in [2.24, 2.45) is 0 Å². The second kappa shape index (κ2) is 7.94. The third-order valence-corrected chi connectivity index (χ3v) is 5.44. The van der Waals surface area contributed by atoms with Crippen LogP contribution in [0, 0.1) is 0 Å². The van der Waals surface area contributed by atoms with Crippen LogP contribution in [-0.2, 0) is 22.3 Å². The fourth-order valence-electron chi connectivity index (χ4n) is 2.74. The first kappa shape index (κ1) is 19.1. The Morgan fingerprint density at radius 1 is 1.04 bits per heavy atom. The number of carbonyl (C=O) groups excluding carboxylic acids is 1. The molecular formula is C20H22N2O4S. The van der Waals surface area contributed by atoms with Gasteiger partial charge in [0.1, 0.15) is 5.58 Å². The Morgan fingerprint density at radius 2 is 1.70 bits per heavy atom. The molecule has 0 saturated carbocycles. The van der Waals surface area contributed by atoms with Gasteiger partial charge in [-0.05, 0) is 37.1 Å². The van der Waals surface area contributed by atoms with Crippen molar-refractivity contribution < 1.29 is 17.6 Å². The smallest absolute Gasteiger partial charge is 0.287 e. The van der Waals surface area contributed by atoms with Gasteiger partial charge in [0.2, 0.25) is 10.0 Å². The van der Waals surface area contributed by atoms with Crippen LogP contribution in [0.1, 0.15) is 35.5 Å². The molecule has 0 atom stereocenters. The zero-order valence-corrected chi connectivity index (χ0v) is 16.0. The van der Waals surface area contributed by atoms with Gasteiger partial charge in [-0.2, -0.15) is 0 Å². The summed E-state index contributed by atoms with van der Waals surface area (Å²) in [5.41, 5.74) is 2.23. The Bertz CT molecular complexity index is 1000. The lowest BCUT2D eigenvalue weighted by Gasteiger charge is -2.10. The van der Waals surface area contributed by atoms with Gasteiger partial charge in [0.25, 0.3) is 5.91 Å². The molecule has 0 radical (unpaired) electrons. The number of sulfonamides is 1. The van der Waals surface area contributed by atoms with Crippen molar-refractivity contribution in [1.29, 1.82) is 0 Å². The van der Waals surface area contributed by atoms with Crippen LogP contribution in [0.3, 0.4) is 0 Å². The van der Waals surface area contributed by atoms with Gasteiger partial charge in [0.05, 0.1) is 5.75 Å². The van der Waals surface area contributed by atoms with Crippen LogP contribution in [0.25, 0.3) is 11.0 Å². The summed E-state index contributed by atoms with van der Waals surface area (Å²) in [4.78, 5) is 12.3. The number of para-hydroxylation sites is 1. The summed E-state index contributed by atoms with van der Waals surface area (Å²) < 4.78 is 32.0. The normalized spacial score (nSPS) is 11.8. The maximum Gasteiger partial charge on any atom is 0.287 e. The third kappa shape index (κ3) is 5.18. The van der Waals surface area contributed by atoms with Gasteiger partial charge in [-0.15, -0.1) is 0 Å². The number of fused-ring (bicyclic) bond motifs is 1. The third-order valence-electron chi connectivity index (χ3n) is 3.90. The molecule has 2 aromatic carbocycles. The average Bonchev–Trinajstić information content (AvgIpc) is 3.03. The molecule has 0 unspecified atom stereocenters. The van der Waals surface area contributed by atoms with Gasteiger partial charge in [0, 0.05) is 18.0 Å². The molecule has 0 aliphatic carbocycles. The van der Waals surface area contributed by atoms with E-state index in [0.29, 0.717) is 17.7 Å². The Morgan fingerprint density at radius 3 is 2.37 bits per heavy atom. The summed E-state index contributed by atoms with van der Waals surface area (Å²) in [5, 5.41) is 3.68. The maximum atomic E-state index is 12.3. The minimum Gasteiger partial charge on any atom is -0.451 e. The maximum absolute atomic E-state index is 12.3. The molecule has 0 spiro atoms. The summed E-state index contributed by atoms with van der Waals surface area (Å²) in [5.74, 6) is -0.103. The molecule has 142 valence electrons. The summed E-state index contributed by atoms with van der Waals surface area (Å²) in [6, 6.07) is 16.1. The van der Waals surface area contributed by atoms with Crippen LogP contribution < -0.4 is 10.0 Å². The Labute approximate surface area is 158 Å². The van der Waals surface area contributed by atoms with Gasteiger partial charge in [-0.25, -0.2) is 13.1 Å². The fourth-order valence-corrected chi connectivity index (χ4v) is 4.17. The Kier molecular flexibility index (Phi) is 5.62. The van der Waals surface area contributed by atoms with E-state index in [9.17, 15) is 13.2 Å². The van der Waals surface area contributed by atoms with E-state index < -0.39 is 10.0 Å². The number of hydrogen-bond acceptors (Lipinski definition) is 4. The number of furan rings is 1. The van der Waals surface area contributed by atoms with Crippen molar-refractivity contribution in [2.75, 3.05) is 0 Å². The Hall–Kier alpha value is -2.64. The molecule has 0 aliphatic rings. The summed E-state index contributed by atoms with van der Waals surface area (Å²) in [6.45, 7) is 3.89. The molecule has 1 heterocycles. The molecule has 6 nitrogen and oxygen atoms in total. The number of nitrogens with one attached hydrogen (secondary N) is 2. The van der Waals surface area contributed by atoms with E-state index in [1.807, 2.05) is 24.3 Å². The average molecular weight is 386 g/mol. The lowest BCUT2D eigenvalue weighted by Crippen LogP contribution is -2.31. The predicted octanol–water partition coefficient (Wildman–Crippen LogP) is 3.19. The van der Waals surface area contributed by atoms with E-state index in [2.05, 4.69) is 10.0 Å². The highest BCUT2D eigenvalue weighted by Gasteiger charge is 2.14. The number of carbonyl (C=O) groups is 1. The van der Waals surface area contributed by atoms with Crippen molar-refractivity contribution in [1.82, 2.24) is 10.0 Å². The summed E-state index contributed by atoms with van der Waals surface area (Å²) in [6.07, 6.45) is 0. The van der Waals surface area contributed by atoms with E-state index in [-0.39, 0.29) is 23.5 Å². The quantitative estimate of drug-likeness (QED) is 0.653. The minimum absolute atomic E-state index is 0.0726. The fraction of sp³-hybridized carbons (Fsp3) is 0.250. The van der Waals surface area contributed by atoms with Crippen molar-refractivity contribution >= 4 is 26.9 Å². The number of rotatable bonds is 7. The molecule has 0 aliphatic heterocycles. The molecular weight excluding hydrogens is 364 g/mol. The lowest BCUT2D eigenvalue weighted by atomic mass is 10.1. The van der Waals surface area contributed by atoms with Crippen LogP contribution >= 0.6 is 0 Å². The first-order valence-corrected chi connectivity index (χ1v) is 10.3. The molecule has 3 rings (SSSR count). The van der Waals surface area contributed by atoms with Crippen LogP contribution in [0.2, 0.25) is 0 Å². The summed E-state index contributed by atoms with van der Waals surface area (Å²) in [7, 11) is -3.35. The molecule has 0 fully saturated rings. The van der Waals surface area contributed by atoms with E-state index in [0.717, 1.165) is 10.9 Å². The largest absolute Gasteiger partial charge is 0.451 e. The van der Waals surface area contributed by atoms with Gasteiger partial charge < -0.3 is 9.73 Å². The molecule has 1 aromatic heterocycles. The van der Waals surface area contributed by atoms with E-state index in [1.54, 1.807) is 44.2 Å². The number of benzene rings is 2. The van der Waals surface area contributed by atoms with E-state index >= 15 is 0 Å². The van der Waals surface area contributed by atoms with Crippen molar-refractivity contribution in [3.05, 3.63) is 71.5 Å². The zero-order chi connectivity index (χ0) is 19.4. The number of amides is 1. The molecule has 0 bridgehead atoms. The molecule has 27 heavy (non-hydrogen) atoms. The molecule has 2 N–H and O–H groups in total. The lowest BCUT2D eigenvalue weighted by molar-refractivity contribution is 0.0925. The highest BCUT2D eigenvalue weighted by molar-refractivity contribution is 7.88. The first-order valence-electron chi connectivity index (χ1n) is 8.67. The van der Waals surface area contributed by atoms with E-state index in [4.69, 9.17) is 4.42 Å². The van der Waals surface area contributed by atoms with Crippen molar-refractivity contribution in [2.45, 2.75) is 32.2 Å². The zero-order valence-electron chi connectivity index (χ0n) is 15.2. The highest BCUT2D eigenvalue weighted by Crippen LogP contribution is 2.18. The van der Waals surface area contributed by atoms with Crippen LogP contribution in [0.4, 0.5) is 0 Å². The molecule has 0 saturated heterocycles. The van der Waals surface area contributed by atoms with Gasteiger partial charge in [0.15, 0.2) is 5.76 Å². The van der Waals surface area contributed by atoms with Crippen LogP contribution in [0.5, 0.6) is 0 Å². The highest BCUT2D eigenvalue weighted by atomic mass is 32.2. The SMILES string of the molecule is CC(C)NS(=O)(=O)Cc1ccc(CNC(=O)c2cc3ccccc3o2)cc1. The van der Waals surface area contributed by atoms with Gasteiger partial charge >= 0.3 is 0 Å². The van der Waals surface area contributed by atoms with E-state index in [1.165, 1.54) is 0 Å². The van der Waals surface area contributed by atoms with Crippen LogP contribution in [-0.4, -0.2) is 20.4 Å². The number of hydrogen-bond donors (Lipinski definition) is 2. The van der Waals surface area contributed by atoms with Crippen LogP contribution in [0.15, 0.2) is 59.0 Å². The molecule has 7 heteroatoms. The van der Waals surface area contributed by atoms with Crippen molar-refractivity contribution in [3.63, 3.8) is 0 Å². The van der Waals surface area contributed by atoms with Gasteiger partial charge in [-0.3, -0.25) is 4.79 Å². The first-order chi connectivity index (χ1) is 12.8. The minimum atomic E-state index is -3.35. The Balaban J connectivity index is 1.59. The molecule has 1 amide bonds. The summed E-state index contributed by atoms with van der Waals surface area (Å²) >= 11 is 0. The predicted molar refractivity (Wildman–Crippen MR) is 105 cm³/mol. The van der Waals surface area contributed by atoms with Crippen molar-refractivity contribution in [3.8, 4) is 0 Å². The van der Waals surface area contributed by atoms with Gasteiger partial charge in [-0.1, -0.05) is 42.5 Å². The topological polar surface area (TPSA) is 88.4 Å².